The van der Waals surface area contributed by atoms with Crippen molar-refractivity contribution in [1.29, 1.82) is 0 Å². The lowest BCUT2D eigenvalue weighted by atomic mass is 9.91. The molecule has 1 aromatic carbocycles. The fourth-order valence-electron chi connectivity index (χ4n) is 4.08. The van der Waals surface area contributed by atoms with E-state index in [1.165, 1.54) is 6.07 Å². The SMILES string of the molecule is COc1nc(C=Cc2nc3n(n2)CCC[C@H]3c2cccc(F)c2)ccc1-n1cnc(C)c1. The zero-order valence-electron chi connectivity index (χ0n) is 17.9. The molecule has 0 spiro atoms. The third kappa shape index (κ3) is 3.91. The van der Waals surface area contributed by atoms with Crippen LogP contribution >= 0.6 is 0 Å². The van der Waals surface area contributed by atoms with Crippen molar-refractivity contribution >= 4 is 12.2 Å². The summed E-state index contributed by atoms with van der Waals surface area (Å²) < 4.78 is 23.0. The second kappa shape index (κ2) is 8.37. The zero-order chi connectivity index (χ0) is 22.1. The van der Waals surface area contributed by atoms with Crippen LogP contribution in [0, 0.1) is 12.7 Å². The number of nitrogens with zero attached hydrogens (tertiary/aromatic N) is 6. The Labute approximate surface area is 185 Å². The van der Waals surface area contributed by atoms with Crippen molar-refractivity contribution in [1.82, 2.24) is 29.3 Å². The molecule has 1 aliphatic rings. The molecule has 162 valence electrons. The van der Waals surface area contributed by atoms with Gasteiger partial charge in [-0.15, -0.1) is 0 Å². The Bertz CT molecular complexity index is 1290. The molecule has 0 saturated carbocycles. The summed E-state index contributed by atoms with van der Waals surface area (Å²) in [6.07, 6.45) is 9.28. The first-order valence-corrected chi connectivity index (χ1v) is 10.5. The highest BCUT2D eigenvalue weighted by Gasteiger charge is 2.25. The number of aryl methyl sites for hydroxylation is 2. The molecule has 4 aromatic rings. The van der Waals surface area contributed by atoms with Crippen LogP contribution in [0.1, 0.15) is 47.4 Å². The number of fused-ring (bicyclic) bond motifs is 1. The number of pyridine rings is 1. The van der Waals surface area contributed by atoms with E-state index in [-0.39, 0.29) is 11.7 Å². The lowest BCUT2D eigenvalue weighted by molar-refractivity contribution is 0.395. The summed E-state index contributed by atoms with van der Waals surface area (Å²) in [4.78, 5) is 13.6. The second-order valence-corrected chi connectivity index (χ2v) is 7.82. The van der Waals surface area contributed by atoms with Crippen LogP contribution in [0.5, 0.6) is 5.88 Å². The molecule has 4 heterocycles. The number of benzene rings is 1. The van der Waals surface area contributed by atoms with Crippen molar-refractivity contribution in [2.24, 2.45) is 0 Å². The van der Waals surface area contributed by atoms with E-state index in [1.807, 2.05) is 52.7 Å². The van der Waals surface area contributed by atoms with Gasteiger partial charge in [0.15, 0.2) is 5.82 Å². The van der Waals surface area contributed by atoms with Crippen LogP contribution in [0.2, 0.25) is 0 Å². The fraction of sp³-hybridized carbons (Fsp3) is 0.250. The molecule has 0 amide bonds. The van der Waals surface area contributed by atoms with Gasteiger partial charge in [0, 0.05) is 18.7 Å². The topological polar surface area (TPSA) is 70.7 Å². The van der Waals surface area contributed by atoms with Crippen LogP contribution in [0.15, 0.2) is 48.9 Å². The lowest BCUT2D eigenvalue weighted by Crippen LogP contribution is -2.18. The molecule has 0 bridgehead atoms. The van der Waals surface area contributed by atoms with Crippen LogP contribution in [-0.4, -0.2) is 36.4 Å². The normalized spacial score (nSPS) is 15.8. The van der Waals surface area contributed by atoms with Crippen molar-refractivity contribution in [2.75, 3.05) is 7.11 Å². The first-order valence-electron chi connectivity index (χ1n) is 10.5. The minimum absolute atomic E-state index is 0.0465. The number of imidazole rings is 1. The van der Waals surface area contributed by atoms with E-state index in [4.69, 9.17) is 9.72 Å². The highest BCUT2D eigenvalue weighted by atomic mass is 19.1. The maximum Gasteiger partial charge on any atom is 0.238 e. The van der Waals surface area contributed by atoms with Crippen LogP contribution in [0.4, 0.5) is 4.39 Å². The summed E-state index contributed by atoms with van der Waals surface area (Å²) in [5, 5.41) is 4.63. The van der Waals surface area contributed by atoms with E-state index in [2.05, 4.69) is 15.1 Å². The van der Waals surface area contributed by atoms with Gasteiger partial charge < -0.3 is 9.30 Å². The van der Waals surface area contributed by atoms with Gasteiger partial charge >= 0.3 is 0 Å². The van der Waals surface area contributed by atoms with E-state index in [9.17, 15) is 4.39 Å². The Kier molecular flexibility index (Phi) is 5.26. The van der Waals surface area contributed by atoms with Crippen LogP contribution in [0.25, 0.3) is 17.8 Å². The largest absolute Gasteiger partial charge is 0.479 e. The smallest absolute Gasteiger partial charge is 0.238 e. The molecule has 0 fully saturated rings. The molecule has 3 aromatic heterocycles. The highest BCUT2D eigenvalue weighted by Crippen LogP contribution is 2.32. The monoisotopic (exact) mass is 430 g/mol. The maximum atomic E-state index is 13.7. The molecule has 7 nitrogen and oxygen atoms in total. The molecular formula is C24H23FN6O. The number of halogens is 1. The van der Waals surface area contributed by atoms with Gasteiger partial charge in [0.25, 0.3) is 0 Å². The Hall–Kier alpha value is -3.81. The molecule has 1 atom stereocenters. The number of ether oxygens (including phenoxy) is 1. The Morgan fingerprint density at radius 2 is 2.06 bits per heavy atom. The Morgan fingerprint density at radius 1 is 1.16 bits per heavy atom. The third-order valence-corrected chi connectivity index (χ3v) is 5.59. The molecule has 5 rings (SSSR count). The number of rotatable bonds is 5. The van der Waals surface area contributed by atoms with Crippen LogP contribution in [-0.2, 0) is 6.54 Å². The number of hydrogen-bond acceptors (Lipinski definition) is 5. The van der Waals surface area contributed by atoms with E-state index < -0.39 is 0 Å². The average Bonchev–Trinajstić information content (AvgIpc) is 3.43. The molecule has 0 aliphatic carbocycles. The Morgan fingerprint density at radius 3 is 2.84 bits per heavy atom. The van der Waals surface area contributed by atoms with E-state index in [0.717, 1.165) is 47.8 Å². The standard InChI is InChI=1S/C24H23FN6O/c1-16-14-30(15-26-16)21-10-8-19(27-24(21)32-2)9-11-22-28-23-20(7-4-12-31(23)29-22)17-5-3-6-18(25)13-17/h3,5-6,8-11,13-15,20H,4,7,12H2,1-2H3/t20-/m0/s1. The highest BCUT2D eigenvalue weighted by molar-refractivity contribution is 5.65. The van der Waals surface area contributed by atoms with Gasteiger partial charge in [-0.2, -0.15) is 5.10 Å². The number of hydrogen-bond donors (Lipinski definition) is 0. The molecule has 1 aliphatic heterocycles. The van der Waals surface area contributed by atoms with Gasteiger partial charge in [0.05, 0.1) is 24.8 Å². The zero-order valence-corrected chi connectivity index (χ0v) is 17.9. The molecular weight excluding hydrogens is 407 g/mol. The van der Waals surface area contributed by atoms with Gasteiger partial charge in [-0.3, -0.25) is 0 Å². The van der Waals surface area contributed by atoms with Gasteiger partial charge in [-0.1, -0.05) is 12.1 Å². The summed E-state index contributed by atoms with van der Waals surface area (Å²) in [6, 6.07) is 10.6. The first-order chi connectivity index (χ1) is 15.6. The van der Waals surface area contributed by atoms with Crippen LogP contribution < -0.4 is 4.74 Å². The van der Waals surface area contributed by atoms with Gasteiger partial charge in [-0.05, 0) is 61.7 Å². The quantitative estimate of drug-likeness (QED) is 0.469. The molecule has 0 saturated heterocycles. The number of methoxy groups -OCH3 is 1. The van der Waals surface area contributed by atoms with Gasteiger partial charge in [0.1, 0.15) is 17.3 Å². The van der Waals surface area contributed by atoms with Gasteiger partial charge in [0.2, 0.25) is 5.88 Å². The van der Waals surface area contributed by atoms with Gasteiger partial charge in [-0.25, -0.2) is 24.0 Å². The van der Waals surface area contributed by atoms with Crippen molar-refractivity contribution in [3.63, 3.8) is 0 Å². The molecule has 0 N–H and O–H groups in total. The van der Waals surface area contributed by atoms with Crippen molar-refractivity contribution in [3.8, 4) is 11.6 Å². The predicted octanol–water partition coefficient (Wildman–Crippen LogP) is 4.41. The minimum Gasteiger partial charge on any atom is -0.479 e. The van der Waals surface area contributed by atoms with Crippen LogP contribution in [0.3, 0.4) is 0 Å². The fourth-order valence-corrected chi connectivity index (χ4v) is 4.08. The summed E-state index contributed by atoms with van der Waals surface area (Å²) in [7, 11) is 1.60. The average molecular weight is 430 g/mol. The molecule has 8 heteroatoms. The predicted molar refractivity (Wildman–Crippen MR) is 119 cm³/mol. The summed E-state index contributed by atoms with van der Waals surface area (Å²) in [6.45, 7) is 2.75. The Balaban J connectivity index is 1.41. The van der Waals surface area contributed by atoms with Crippen molar-refractivity contribution in [2.45, 2.75) is 32.2 Å². The van der Waals surface area contributed by atoms with E-state index in [0.29, 0.717) is 11.7 Å². The van der Waals surface area contributed by atoms with Crippen molar-refractivity contribution < 1.29 is 9.13 Å². The third-order valence-electron chi connectivity index (χ3n) is 5.59. The van der Waals surface area contributed by atoms with E-state index >= 15 is 0 Å². The first kappa shape index (κ1) is 20.1. The second-order valence-electron chi connectivity index (χ2n) is 7.82. The molecule has 0 radical (unpaired) electrons. The summed E-state index contributed by atoms with van der Waals surface area (Å²) in [5.74, 6) is 1.81. The number of aromatic nitrogens is 6. The van der Waals surface area contributed by atoms with Crippen molar-refractivity contribution in [3.05, 3.63) is 83.3 Å². The van der Waals surface area contributed by atoms with E-state index in [1.54, 1.807) is 25.6 Å². The molecule has 0 unspecified atom stereocenters. The summed E-state index contributed by atoms with van der Waals surface area (Å²) in [5.41, 5.74) is 3.41. The minimum atomic E-state index is -0.228. The maximum absolute atomic E-state index is 13.7. The summed E-state index contributed by atoms with van der Waals surface area (Å²) >= 11 is 0. The molecule has 32 heavy (non-hydrogen) atoms. The lowest BCUT2D eigenvalue weighted by Gasteiger charge is -2.22.